The fraction of sp³-hybridized carbons (Fsp3) is 0.100. The minimum atomic E-state index is -0.359. The molecule has 0 aliphatic carbocycles. The summed E-state index contributed by atoms with van der Waals surface area (Å²) >= 11 is 0. The smallest absolute Gasteiger partial charge is 0.244 e. The summed E-state index contributed by atoms with van der Waals surface area (Å²) in [5, 5.41) is 16.7. The lowest BCUT2D eigenvalue weighted by Crippen LogP contribution is -2.21. The molecular weight excluding hydrogens is 328 g/mol. The van der Waals surface area contributed by atoms with Crippen molar-refractivity contribution >= 4 is 0 Å². The topological polar surface area (TPSA) is 97.0 Å². The van der Waals surface area contributed by atoms with Crippen molar-refractivity contribution in [3.05, 3.63) is 82.9 Å². The normalized spacial score (nSPS) is 15.8. The summed E-state index contributed by atoms with van der Waals surface area (Å²) in [4.78, 5) is 0. The molecule has 0 fully saturated rings. The van der Waals surface area contributed by atoms with E-state index in [1.54, 1.807) is 0 Å². The lowest BCUT2D eigenvalue weighted by atomic mass is 9.84. The van der Waals surface area contributed by atoms with Gasteiger partial charge in [0, 0.05) is 11.3 Å². The number of nitrogens with one attached hydrogen (secondary N) is 1. The molecule has 0 spiro atoms. The fourth-order valence-corrected chi connectivity index (χ4v) is 3.11. The van der Waals surface area contributed by atoms with E-state index < -0.39 is 0 Å². The van der Waals surface area contributed by atoms with E-state index in [0.717, 1.165) is 22.6 Å². The number of para-hydroxylation sites is 1. The maximum absolute atomic E-state index is 9.62. The molecule has 26 heavy (non-hydrogen) atoms. The molecule has 0 saturated heterocycles. The number of allylic oxidation sites excluding steroid dienone is 1. The lowest BCUT2D eigenvalue weighted by Gasteiger charge is -2.24. The van der Waals surface area contributed by atoms with Crippen molar-refractivity contribution in [1.82, 2.24) is 10.2 Å². The molecule has 0 saturated carbocycles. The van der Waals surface area contributed by atoms with Crippen LogP contribution in [0.4, 0.5) is 0 Å². The van der Waals surface area contributed by atoms with Gasteiger partial charge in [0.25, 0.3) is 0 Å². The van der Waals surface area contributed by atoms with Crippen LogP contribution in [0.1, 0.15) is 22.7 Å². The summed E-state index contributed by atoms with van der Waals surface area (Å²) in [5.74, 6) is 1.54. The number of fused-ring (bicyclic) bond motifs is 1. The zero-order valence-electron chi connectivity index (χ0n) is 14.1. The van der Waals surface area contributed by atoms with Crippen molar-refractivity contribution in [3.8, 4) is 23.4 Å². The second-order valence-corrected chi connectivity index (χ2v) is 5.98. The number of aromatic amines is 1. The summed E-state index contributed by atoms with van der Waals surface area (Å²) in [6.45, 7) is 1.89. The predicted octanol–water partition coefficient (Wildman–Crippen LogP) is 3.73. The van der Waals surface area contributed by atoms with Crippen molar-refractivity contribution < 1.29 is 9.47 Å². The van der Waals surface area contributed by atoms with Gasteiger partial charge in [0.15, 0.2) is 0 Å². The van der Waals surface area contributed by atoms with Gasteiger partial charge in [-0.05, 0) is 36.8 Å². The first-order valence-electron chi connectivity index (χ1n) is 8.12. The summed E-state index contributed by atoms with van der Waals surface area (Å²) in [6, 6.07) is 19.3. The van der Waals surface area contributed by atoms with Crippen LogP contribution < -0.4 is 15.2 Å². The molecule has 6 heteroatoms. The number of H-pyrrole nitrogens is 1. The van der Waals surface area contributed by atoms with Crippen LogP contribution in [0, 0.1) is 18.3 Å². The molecule has 4 rings (SSSR count). The van der Waals surface area contributed by atoms with Gasteiger partial charge in [-0.3, -0.25) is 5.10 Å². The van der Waals surface area contributed by atoms with Gasteiger partial charge in [-0.2, -0.15) is 5.26 Å². The molecule has 0 radical (unpaired) electrons. The number of hydrogen-bond acceptors (Lipinski definition) is 5. The number of nitrogens with zero attached hydrogens (tertiary/aromatic N) is 2. The maximum atomic E-state index is 9.62. The van der Waals surface area contributed by atoms with Gasteiger partial charge in [0.1, 0.15) is 23.1 Å². The zero-order chi connectivity index (χ0) is 18.1. The van der Waals surface area contributed by atoms with Gasteiger partial charge in [-0.25, -0.2) is 0 Å². The summed E-state index contributed by atoms with van der Waals surface area (Å²) in [5.41, 5.74) is 8.84. The second-order valence-electron chi connectivity index (χ2n) is 5.98. The summed E-state index contributed by atoms with van der Waals surface area (Å²) < 4.78 is 11.4. The molecule has 1 aliphatic rings. The Morgan fingerprint density at radius 2 is 1.92 bits per heavy atom. The molecule has 0 bridgehead atoms. The Morgan fingerprint density at radius 1 is 1.15 bits per heavy atom. The average Bonchev–Trinajstić information content (AvgIpc) is 3.02. The number of aromatic nitrogens is 2. The van der Waals surface area contributed by atoms with Crippen LogP contribution in [0.5, 0.6) is 17.4 Å². The second kappa shape index (κ2) is 6.30. The molecule has 1 aliphatic heterocycles. The largest absolute Gasteiger partial charge is 0.457 e. The molecule has 1 unspecified atom stereocenters. The van der Waals surface area contributed by atoms with Crippen LogP contribution in [0.3, 0.4) is 0 Å². The molecule has 3 aromatic rings. The Morgan fingerprint density at radius 3 is 2.69 bits per heavy atom. The quantitative estimate of drug-likeness (QED) is 0.754. The number of hydrogen-bond donors (Lipinski definition) is 2. The van der Waals surface area contributed by atoms with Crippen molar-refractivity contribution in [2.45, 2.75) is 12.8 Å². The van der Waals surface area contributed by atoms with Gasteiger partial charge in [-0.1, -0.05) is 30.3 Å². The fourth-order valence-electron chi connectivity index (χ4n) is 3.11. The van der Waals surface area contributed by atoms with Crippen LogP contribution in [0.2, 0.25) is 0 Å². The summed E-state index contributed by atoms with van der Waals surface area (Å²) in [7, 11) is 0. The Kier molecular flexibility index (Phi) is 3.82. The molecule has 6 nitrogen and oxygen atoms in total. The monoisotopic (exact) mass is 344 g/mol. The van der Waals surface area contributed by atoms with E-state index in [1.165, 1.54) is 0 Å². The van der Waals surface area contributed by atoms with E-state index in [-0.39, 0.29) is 11.8 Å². The molecular formula is C20H16N4O2. The van der Waals surface area contributed by atoms with Gasteiger partial charge in [-0.15, -0.1) is 5.10 Å². The number of rotatable bonds is 3. The number of ether oxygens (including phenoxy) is 2. The van der Waals surface area contributed by atoms with Crippen molar-refractivity contribution in [2.75, 3.05) is 0 Å². The number of aryl methyl sites for hydroxylation is 1. The first kappa shape index (κ1) is 15.8. The van der Waals surface area contributed by atoms with Crippen molar-refractivity contribution in [2.24, 2.45) is 5.73 Å². The Bertz CT molecular complexity index is 1030. The van der Waals surface area contributed by atoms with Gasteiger partial charge >= 0.3 is 0 Å². The van der Waals surface area contributed by atoms with Crippen LogP contribution in [-0.2, 0) is 0 Å². The minimum absolute atomic E-state index is 0.0749. The van der Waals surface area contributed by atoms with Gasteiger partial charge < -0.3 is 15.2 Å². The predicted molar refractivity (Wildman–Crippen MR) is 95.6 cm³/mol. The van der Waals surface area contributed by atoms with Crippen molar-refractivity contribution in [3.63, 3.8) is 0 Å². The molecule has 128 valence electrons. The van der Waals surface area contributed by atoms with E-state index in [4.69, 9.17) is 15.2 Å². The third kappa shape index (κ3) is 2.66. The average molecular weight is 344 g/mol. The highest BCUT2D eigenvalue weighted by atomic mass is 16.5. The van der Waals surface area contributed by atoms with E-state index in [1.807, 2.05) is 61.5 Å². The van der Waals surface area contributed by atoms with E-state index >= 15 is 0 Å². The minimum Gasteiger partial charge on any atom is -0.457 e. The zero-order valence-corrected chi connectivity index (χ0v) is 14.1. The maximum Gasteiger partial charge on any atom is 0.244 e. The first-order chi connectivity index (χ1) is 12.7. The van der Waals surface area contributed by atoms with E-state index in [2.05, 4.69) is 16.3 Å². The van der Waals surface area contributed by atoms with E-state index in [9.17, 15) is 5.26 Å². The Labute approximate surface area is 150 Å². The van der Waals surface area contributed by atoms with Crippen LogP contribution in [0.15, 0.2) is 66.1 Å². The SMILES string of the molecule is Cc1[nH]nc2c1C(c1cccc(Oc3ccccc3)c1)C(C#N)=C(N)O2. The Hall–Kier alpha value is -3.72. The van der Waals surface area contributed by atoms with Crippen LogP contribution in [0.25, 0.3) is 0 Å². The van der Waals surface area contributed by atoms with Crippen LogP contribution >= 0.6 is 0 Å². The third-order valence-corrected chi connectivity index (χ3v) is 4.30. The standard InChI is InChI=1S/C20H16N4O2/c1-12-17-18(16(11-21)19(22)26-20(17)24-23-12)13-6-5-9-15(10-13)25-14-7-3-2-4-8-14/h2-10,18H,22H2,1H3,(H,23,24). The van der Waals surface area contributed by atoms with Crippen LogP contribution in [-0.4, -0.2) is 10.2 Å². The number of benzene rings is 2. The highest BCUT2D eigenvalue weighted by Crippen LogP contribution is 2.43. The molecule has 3 N–H and O–H groups in total. The van der Waals surface area contributed by atoms with Gasteiger partial charge in [0.05, 0.1) is 5.92 Å². The highest BCUT2D eigenvalue weighted by molar-refractivity contribution is 5.55. The molecule has 1 aromatic heterocycles. The third-order valence-electron chi connectivity index (χ3n) is 4.30. The number of nitriles is 1. The van der Waals surface area contributed by atoms with Crippen molar-refractivity contribution in [1.29, 1.82) is 5.26 Å². The Balaban J connectivity index is 1.78. The highest BCUT2D eigenvalue weighted by Gasteiger charge is 2.34. The lowest BCUT2D eigenvalue weighted by molar-refractivity contribution is 0.378. The first-order valence-corrected chi connectivity index (χ1v) is 8.12. The molecule has 1 atom stereocenters. The number of nitrogens with two attached hydrogens (primary N) is 1. The summed E-state index contributed by atoms with van der Waals surface area (Å²) in [6.07, 6.45) is 0. The van der Waals surface area contributed by atoms with Gasteiger partial charge in [0.2, 0.25) is 11.8 Å². The molecule has 2 aromatic carbocycles. The molecule has 0 amide bonds. The van der Waals surface area contributed by atoms with E-state index in [0.29, 0.717) is 17.2 Å². The molecule has 2 heterocycles.